The zero-order valence-corrected chi connectivity index (χ0v) is 22.6. The molecule has 0 aliphatic heterocycles. The Labute approximate surface area is 254 Å². The Bertz CT molecular complexity index is 1930. The van der Waals surface area contributed by atoms with Crippen LogP contribution in [-0.4, -0.2) is 12.7 Å². The van der Waals surface area contributed by atoms with Gasteiger partial charge in [0.05, 0.1) is 46.5 Å². The molecule has 0 atom stereocenters. The second-order valence-corrected chi connectivity index (χ2v) is 9.73. The molecule has 6 nitrogen and oxygen atoms in total. The lowest BCUT2D eigenvalue weighted by molar-refractivity contribution is -0.275. The monoisotopic (exact) mass is 636 g/mol. The van der Waals surface area contributed by atoms with Crippen LogP contribution >= 0.6 is 0 Å². The van der Waals surface area contributed by atoms with Gasteiger partial charge in [-0.15, -0.1) is 26.3 Å². The largest absolute Gasteiger partial charge is 0.573 e. The third-order valence-electron chi connectivity index (χ3n) is 7.13. The van der Waals surface area contributed by atoms with Gasteiger partial charge in [-0.25, -0.2) is 8.78 Å². The second kappa shape index (κ2) is 11.4. The fourth-order valence-electron chi connectivity index (χ4n) is 5.47. The van der Waals surface area contributed by atoms with Gasteiger partial charge in [0.25, 0.3) is 0 Å². The summed E-state index contributed by atoms with van der Waals surface area (Å²) in [6, 6.07) is 16.8. The molecule has 0 bridgehead atoms. The summed E-state index contributed by atoms with van der Waals surface area (Å²) in [5, 5.41) is 39.6. The van der Waals surface area contributed by atoms with E-state index in [0.717, 1.165) is 60.7 Å². The zero-order chi connectivity index (χ0) is 33.6. The summed E-state index contributed by atoms with van der Waals surface area (Å²) in [5.74, 6) is -7.23. The predicted molar refractivity (Wildman–Crippen MR) is 142 cm³/mol. The van der Waals surface area contributed by atoms with E-state index in [1.165, 1.54) is 0 Å². The smallest absolute Gasteiger partial charge is 0.405 e. The molecule has 14 heteroatoms. The van der Waals surface area contributed by atoms with Crippen molar-refractivity contribution in [2.24, 2.45) is 5.92 Å². The van der Waals surface area contributed by atoms with Gasteiger partial charge in [0.15, 0.2) is 0 Å². The van der Waals surface area contributed by atoms with Crippen LogP contribution in [0.4, 0.5) is 35.1 Å². The van der Waals surface area contributed by atoms with Crippen LogP contribution in [0.15, 0.2) is 60.7 Å². The molecule has 0 heterocycles. The first-order valence-corrected chi connectivity index (χ1v) is 12.8. The van der Waals surface area contributed by atoms with Crippen molar-refractivity contribution in [2.75, 3.05) is 0 Å². The summed E-state index contributed by atoms with van der Waals surface area (Å²) in [4.78, 5) is 0. The van der Waals surface area contributed by atoms with Crippen LogP contribution in [0, 0.1) is 62.9 Å². The lowest BCUT2D eigenvalue weighted by Crippen LogP contribution is -2.18. The van der Waals surface area contributed by atoms with Crippen LogP contribution < -0.4 is 9.47 Å². The highest BCUT2D eigenvalue weighted by Crippen LogP contribution is 2.53. The summed E-state index contributed by atoms with van der Waals surface area (Å²) < 4.78 is 117. The lowest BCUT2D eigenvalue weighted by Gasteiger charge is -2.19. The summed E-state index contributed by atoms with van der Waals surface area (Å²) in [5.41, 5.74) is -2.67. The van der Waals surface area contributed by atoms with Crippen molar-refractivity contribution in [3.63, 3.8) is 0 Å². The molecule has 1 aliphatic carbocycles. The zero-order valence-electron chi connectivity index (χ0n) is 22.6. The molecule has 46 heavy (non-hydrogen) atoms. The summed E-state index contributed by atoms with van der Waals surface area (Å²) in [6.07, 6.45) is -10.5. The van der Waals surface area contributed by atoms with E-state index in [2.05, 4.69) is 9.47 Å². The highest BCUT2D eigenvalue weighted by Gasteiger charge is 2.39. The van der Waals surface area contributed by atoms with E-state index in [0.29, 0.717) is 0 Å². The number of ether oxygens (including phenoxy) is 2. The number of benzene rings is 4. The average Bonchev–Trinajstić information content (AvgIpc) is 3.27. The molecule has 5 rings (SSSR count). The van der Waals surface area contributed by atoms with Crippen molar-refractivity contribution in [2.45, 2.75) is 18.6 Å². The number of hydrogen-bond donors (Lipinski definition) is 0. The van der Waals surface area contributed by atoms with Gasteiger partial charge in [-0.1, -0.05) is 12.1 Å². The number of halogens is 8. The number of nitriles is 4. The van der Waals surface area contributed by atoms with E-state index in [9.17, 15) is 47.4 Å². The number of fused-ring (bicyclic) bond motifs is 3. The Morgan fingerprint density at radius 2 is 0.978 bits per heavy atom. The highest BCUT2D eigenvalue weighted by atomic mass is 19.4. The van der Waals surface area contributed by atoms with E-state index < -0.39 is 58.8 Å². The Hall–Kier alpha value is -6.12. The molecule has 4 aromatic rings. The molecule has 0 unspecified atom stereocenters. The number of nitrogens with zero attached hydrogens (tertiary/aromatic N) is 4. The molecule has 228 valence electrons. The van der Waals surface area contributed by atoms with Crippen molar-refractivity contribution in [3.8, 4) is 69.2 Å². The Balaban J connectivity index is 1.82. The van der Waals surface area contributed by atoms with Crippen LogP contribution in [-0.2, 0) is 0 Å². The summed E-state index contributed by atoms with van der Waals surface area (Å²) in [7, 11) is 0. The topological polar surface area (TPSA) is 114 Å². The fourth-order valence-corrected chi connectivity index (χ4v) is 5.47. The van der Waals surface area contributed by atoms with E-state index in [-0.39, 0.29) is 44.5 Å². The van der Waals surface area contributed by atoms with Crippen molar-refractivity contribution in [1.82, 2.24) is 0 Å². The molecule has 0 saturated carbocycles. The van der Waals surface area contributed by atoms with Gasteiger partial charge < -0.3 is 9.47 Å². The SMILES string of the molecule is N#Cc1cc2c(cc1-c1c(F)cccc1OC(F)(F)F)C(C(C#N)C#N)c1cc(-c3c(F)cccc3OC(F)(F)F)c(C#N)cc1-2. The molecule has 0 aromatic heterocycles. The molecular weight excluding hydrogens is 624 g/mol. The predicted octanol–water partition coefficient (Wildman–Crippen LogP) is 8.62. The van der Waals surface area contributed by atoms with E-state index >= 15 is 8.78 Å². The first kappa shape index (κ1) is 31.3. The normalized spacial score (nSPS) is 12.4. The number of rotatable bonds is 5. The first-order chi connectivity index (χ1) is 21.7. The van der Waals surface area contributed by atoms with Gasteiger partial charge in [0.2, 0.25) is 0 Å². The van der Waals surface area contributed by atoms with Crippen LogP contribution in [0.2, 0.25) is 0 Å². The summed E-state index contributed by atoms with van der Waals surface area (Å²) in [6.45, 7) is 0. The lowest BCUT2D eigenvalue weighted by atomic mass is 9.83. The van der Waals surface area contributed by atoms with E-state index in [1.807, 2.05) is 0 Å². The quantitative estimate of drug-likeness (QED) is 0.203. The van der Waals surface area contributed by atoms with Gasteiger partial charge in [-0.2, -0.15) is 21.0 Å². The summed E-state index contributed by atoms with van der Waals surface area (Å²) >= 11 is 0. The van der Waals surface area contributed by atoms with Crippen LogP contribution in [0.5, 0.6) is 11.5 Å². The van der Waals surface area contributed by atoms with Gasteiger partial charge >= 0.3 is 12.7 Å². The molecule has 0 amide bonds. The standard InChI is InChI=1S/C32H12F8N4O2/c33-24-3-1-5-26(45-31(35,36)37)29(24)18-9-22-20(7-15(18)11-41)21-8-16(12-42)19(10-23(21)28(22)17(13-43)14-44)30-25(34)4-2-6-27(30)46-32(38,39)40/h1-10,17,28H. The maximum absolute atomic E-state index is 15.1. The molecule has 1 aliphatic rings. The van der Waals surface area contributed by atoms with Crippen LogP contribution in [0.3, 0.4) is 0 Å². The molecule has 0 spiro atoms. The van der Waals surface area contributed by atoms with Crippen molar-refractivity contribution in [1.29, 1.82) is 21.0 Å². The average molecular weight is 636 g/mol. The number of hydrogen-bond acceptors (Lipinski definition) is 6. The van der Waals surface area contributed by atoms with Gasteiger partial charge in [-0.3, -0.25) is 0 Å². The molecule has 0 fully saturated rings. The van der Waals surface area contributed by atoms with Gasteiger partial charge in [0.1, 0.15) is 29.1 Å². The Morgan fingerprint density at radius 3 is 1.30 bits per heavy atom. The van der Waals surface area contributed by atoms with Crippen LogP contribution in [0.25, 0.3) is 33.4 Å². The van der Waals surface area contributed by atoms with E-state index in [4.69, 9.17) is 0 Å². The molecule has 0 radical (unpaired) electrons. The van der Waals surface area contributed by atoms with Gasteiger partial charge in [-0.05, 0) is 70.8 Å². The highest BCUT2D eigenvalue weighted by molar-refractivity contribution is 5.90. The van der Waals surface area contributed by atoms with Crippen molar-refractivity contribution < 1.29 is 44.6 Å². The Kier molecular flexibility index (Phi) is 7.78. The van der Waals surface area contributed by atoms with Crippen molar-refractivity contribution >= 4 is 0 Å². The third-order valence-corrected chi connectivity index (χ3v) is 7.13. The maximum atomic E-state index is 15.1. The van der Waals surface area contributed by atoms with Crippen LogP contribution in [0.1, 0.15) is 28.2 Å². The molecular formula is C32H12F8N4O2. The van der Waals surface area contributed by atoms with E-state index in [1.54, 1.807) is 24.3 Å². The minimum absolute atomic E-state index is 0.0413. The van der Waals surface area contributed by atoms with Gasteiger partial charge in [0, 0.05) is 17.0 Å². The minimum Gasteiger partial charge on any atom is -0.405 e. The molecule has 0 N–H and O–H groups in total. The first-order valence-electron chi connectivity index (χ1n) is 12.8. The minimum atomic E-state index is -5.25. The molecule has 0 saturated heterocycles. The second-order valence-electron chi connectivity index (χ2n) is 9.73. The molecule has 4 aromatic carbocycles. The fraction of sp³-hybridized carbons (Fsp3) is 0.125. The third kappa shape index (κ3) is 5.60. The van der Waals surface area contributed by atoms with Crippen molar-refractivity contribution in [3.05, 3.63) is 94.6 Å². The Morgan fingerprint density at radius 1 is 0.587 bits per heavy atom. The maximum Gasteiger partial charge on any atom is 0.573 e. The number of alkyl halides is 6.